The summed E-state index contributed by atoms with van der Waals surface area (Å²) in [4.78, 5) is 0. The highest BCUT2D eigenvalue weighted by Crippen LogP contribution is 1.98. The van der Waals surface area contributed by atoms with Gasteiger partial charge in [-0.25, -0.2) is 0 Å². The maximum absolute atomic E-state index is 4.94. The summed E-state index contributed by atoms with van der Waals surface area (Å²) in [5.41, 5.74) is 0. The van der Waals surface area contributed by atoms with Crippen LogP contribution in [0.25, 0.3) is 0 Å². The number of hydrogen-bond acceptors (Lipinski definition) is 1. The van der Waals surface area contributed by atoms with Gasteiger partial charge in [0, 0.05) is 13.2 Å². The third kappa shape index (κ3) is 11.5. The topological polar surface area (TPSA) is 9.23 Å². The van der Waals surface area contributed by atoms with Gasteiger partial charge in [-0.3, -0.25) is 0 Å². The molecule has 0 spiro atoms. The molecule has 0 bridgehead atoms. The molecule has 1 heterocycles. The van der Waals surface area contributed by atoms with Gasteiger partial charge in [0.25, 0.3) is 0 Å². The first-order valence-electron chi connectivity index (χ1n) is 2.08. The number of hydrogen-bond donors (Lipinski definition) is 0. The average molecular weight is 136 g/mol. The standard InChI is InChI=1S/C4H8O.4CH4/c1-2-4-5-3-1;;;;/h1-4H2;4*1H4. The zero-order chi connectivity index (χ0) is 3.54. The second kappa shape index (κ2) is 15.7. The SMILES string of the molecule is C.C.C.C.C1CCOC1. The van der Waals surface area contributed by atoms with Gasteiger partial charge in [0.2, 0.25) is 0 Å². The van der Waals surface area contributed by atoms with Crippen LogP contribution in [-0.2, 0) is 4.74 Å². The van der Waals surface area contributed by atoms with Crippen molar-refractivity contribution in [2.24, 2.45) is 0 Å². The minimum absolute atomic E-state index is 0. The molecule has 0 radical (unpaired) electrons. The highest BCUT2D eigenvalue weighted by atomic mass is 16.5. The molecule has 1 heteroatoms. The van der Waals surface area contributed by atoms with Crippen molar-refractivity contribution in [3.05, 3.63) is 0 Å². The second-order valence-electron chi connectivity index (χ2n) is 1.32. The first-order chi connectivity index (χ1) is 2.50. The lowest BCUT2D eigenvalue weighted by molar-refractivity contribution is 0.198. The quantitative estimate of drug-likeness (QED) is 0.496. The summed E-state index contributed by atoms with van der Waals surface area (Å²) in [5, 5.41) is 0. The van der Waals surface area contributed by atoms with Crippen molar-refractivity contribution in [3.8, 4) is 0 Å². The fourth-order valence-corrected chi connectivity index (χ4v) is 0.510. The van der Waals surface area contributed by atoms with Crippen LogP contribution in [-0.4, -0.2) is 13.2 Å². The molecule has 1 fully saturated rings. The van der Waals surface area contributed by atoms with E-state index in [0.717, 1.165) is 13.2 Å². The van der Waals surface area contributed by atoms with Gasteiger partial charge in [-0.15, -0.1) is 0 Å². The third-order valence-electron chi connectivity index (χ3n) is 0.827. The molecule has 0 aromatic heterocycles. The summed E-state index contributed by atoms with van der Waals surface area (Å²) in [6, 6.07) is 0. The first kappa shape index (κ1) is 23.1. The molecule has 1 aliphatic rings. The summed E-state index contributed by atoms with van der Waals surface area (Å²) in [6.45, 7) is 2.00. The molecular formula is C8H24O. The predicted molar refractivity (Wildman–Crippen MR) is 47.0 cm³/mol. The minimum Gasteiger partial charge on any atom is -0.381 e. The normalized spacial score (nSPS) is 13.3. The molecule has 0 aliphatic carbocycles. The Kier molecular flexibility index (Phi) is 40.2. The van der Waals surface area contributed by atoms with Crippen LogP contribution in [0.1, 0.15) is 42.5 Å². The van der Waals surface area contributed by atoms with Crippen molar-refractivity contribution in [1.82, 2.24) is 0 Å². The summed E-state index contributed by atoms with van der Waals surface area (Å²) in [6.07, 6.45) is 2.56. The highest BCUT2D eigenvalue weighted by molar-refractivity contribution is 4.43. The highest BCUT2D eigenvalue weighted by Gasteiger charge is 1.94. The van der Waals surface area contributed by atoms with E-state index in [2.05, 4.69) is 0 Å². The van der Waals surface area contributed by atoms with Gasteiger partial charge in [-0.05, 0) is 12.8 Å². The van der Waals surface area contributed by atoms with Crippen molar-refractivity contribution in [3.63, 3.8) is 0 Å². The van der Waals surface area contributed by atoms with E-state index < -0.39 is 0 Å². The second-order valence-corrected chi connectivity index (χ2v) is 1.32. The average Bonchev–Trinajstić information content (AvgIpc) is 1.76. The summed E-state index contributed by atoms with van der Waals surface area (Å²) in [7, 11) is 0. The molecule has 62 valence electrons. The van der Waals surface area contributed by atoms with Crippen LogP contribution in [0, 0.1) is 0 Å². The number of rotatable bonds is 0. The summed E-state index contributed by atoms with van der Waals surface area (Å²) >= 11 is 0. The van der Waals surface area contributed by atoms with Gasteiger partial charge < -0.3 is 4.74 Å². The monoisotopic (exact) mass is 136 g/mol. The Hall–Kier alpha value is -0.0400. The molecule has 0 amide bonds. The zero-order valence-corrected chi connectivity index (χ0v) is 3.24. The lowest BCUT2D eigenvalue weighted by atomic mass is 10.4. The predicted octanol–water partition coefficient (Wildman–Crippen LogP) is 3.34. The molecular weight excluding hydrogens is 112 g/mol. The Labute approximate surface area is 61.4 Å². The van der Waals surface area contributed by atoms with E-state index in [-0.39, 0.29) is 29.7 Å². The van der Waals surface area contributed by atoms with Gasteiger partial charge in [-0.2, -0.15) is 0 Å². The van der Waals surface area contributed by atoms with Crippen molar-refractivity contribution in [1.29, 1.82) is 0 Å². The molecule has 0 saturated carbocycles. The summed E-state index contributed by atoms with van der Waals surface area (Å²) in [5.74, 6) is 0. The molecule has 1 rings (SSSR count). The van der Waals surface area contributed by atoms with Crippen LogP contribution in [0.3, 0.4) is 0 Å². The Morgan fingerprint density at radius 2 is 1.00 bits per heavy atom. The minimum atomic E-state index is 0. The molecule has 9 heavy (non-hydrogen) atoms. The Balaban J connectivity index is -0.0000000312. The van der Waals surface area contributed by atoms with Crippen molar-refractivity contribution < 1.29 is 4.74 Å². The zero-order valence-electron chi connectivity index (χ0n) is 3.24. The Morgan fingerprint density at radius 1 is 0.667 bits per heavy atom. The Morgan fingerprint density at radius 3 is 1.11 bits per heavy atom. The van der Waals surface area contributed by atoms with Crippen molar-refractivity contribution in [2.45, 2.75) is 42.5 Å². The van der Waals surface area contributed by atoms with Crippen LogP contribution in [0.15, 0.2) is 0 Å². The molecule has 1 aliphatic heterocycles. The van der Waals surface area contributed by atoms with Crippen LogP contribution in [0.2, 0.25) is 0 Å². The van der Waals surface area contributed by atoms with Crippen LogP contribution >= 0.6 is 0 Å². The van der Waals surface area contributed by atoms with E-state index in [4.69, 9.17) is 4.74 Å². The molecule has 0 unspecified atom stereocenters. The third-order valence-corrected chi connectivity index (χ3v) is 0.827. The van der Waals surface area contributed by atoms with Gasteiger partial charge in [0.1, 0.15) is 0 Å². The van der Waals surface area contributed by atoms with Gasteiger partial charge in [0.15, 0.2) is 0 Å². The van der Waals surface area contributed by atoms with E-state index in [1.54, 1.807) is 0 Å². The van der Waals surface area contributed by atoms with Crippen LogP contribution in [0.4, 0.5) is 0 Å². The van der Waals surface area contributed by atoms with E-state index in [1.165, 1.54) is 12.8 Å². The van der Waals surface area contributed by atoms with Crippen molar-refractivity contribution >= 4 is 0 Å². The summed E-state index contributed by atoms with van der Waals surface area (Å²) < 4.78 is 4.94. The largest absolute Gasteiger partial charge is 0.381 e. The van der Waals surface area contributed by atoms with Gasteiger partial charge >= 0.3 is 0 Å². The van der Waals surface area contributed by atoms with E-state index in [1.807, 2.05) is 0 Å². The smallest absolute Gasteiger partial charge is 0.0466 e. The lowest BCUT2D eigenvalue weighted by Gasteiger charge is -1.76. The fraction of sp³-hybridized carbons (Fsp3) is 1.00. The fourth-order valence-electron chi connectivity index (χ4n) is 0.510. The van der Waals surface area contributed by atoms with Crippen molar-refractivity contribution in [2.75, 3.05) is 13.2 Å². The molecule has 0 atom stereocenters. The molecule has 0 aromatic rings. The maximum Gasteiger partial charge on any atom is 0.0466 e. The van der Waals surface area contributed by atoms with Crippen LogP contribution < -0.4 is 0 Å². The van der Waals surface area contributed by atoms with Gasteiger partial charge in [0.05, 0.1) is 0 Å². The molecule has 0 N–H and O–H groups in total. The molecule has 0 aromatic carbocycles. The van der Waals surface area contributed by atoms with Gasteiger partial charge in [-0.1, -0.05) is 29.7 Å². The Bertz CT molecular complexity index is 16.1. The van der Waals surface area contributed by atoms with E-state index in [9.17, 15) is 0 Å². The molecule has 1 saturated heterocycles. The lowest BCUT2D eigenvalue weighted by Crippen LogP contribution is -1.74. The maximum atomic E-state index is 4.94. The van der Waals surface area contributed by atoms with E-state index >= 15 is 0 Å². The van der Waals surface area contributed by atoms with E-state index in [0.29, 0.717) is 0 Å². The first-order valence-corrected chi connectivity index (χ1v) is 2.08. The number of ether oxygens (including phenoxy) is 1. The molecule has 1 nitrogen and oxygen atoms in total. The van der Waals surface area contributed by atoms with Crippen LogP contribution in [0.5, 0.6) is 0 Å².